The summed E-state index contributed by atoms with van der Waals surface area (Å²) in [6.45, 7) is 4.84. The van der Waals surface area contributed by atoms with Gasteiger partial charge in [0.2, 0.25) is 17.7 Å². The summed E-state index contributed by atoms with van der Waals surface area (Å²) in [5.74, 6) is -1.60. The van der Waals surface area contributed by atoms with Gasteiger partial charge in [0.1, 0.15) is 18.4 Å². The Labute approximate surface area is 164 Å². The average molecular weight is 400 g/mol. The minimum Gasteiger partial charge on any atom is -0.394 e. The molecule has 28 heavy (non-hydrogen) atoms. The molecule has 160 valence electrons. The molecule has 0 aliphatic rings. The van der Waals surface area contributed by atoms with Gasteiger partial charge < -0.3 is 37.3 Å². The number of carbonyl (C=O) groups is 4. The molecule has 0 fully saturated rings. The quantitative estimate of drug-likeness (QED) is 0.0871. The van der Waals surface area contributed by atoms with Crippen LogP contribution in [0.2, 0.25) is 0 Å². The van der Waals surface area contributed by atoms with E-state index in [1.165, 1.54) is 6.92 Å². The topological polar surface area (TPSA) is 189 Å². The number of aliphatic hydroxyl groups is 1. The van der Waals surface area contributed by atoms with Gasteiger partial charge in [0, 0.05) is 13.0 Å². The Morgan fingerprint density at radius 3 is 2.21 bits per heavy atom. The predicted octanol–water partition coefficient (Wildman–Crippen LogP) is -2.25. The van der Waals surface area contributed by atoms with Crippen LogP contribution in [0.3, 0.4) is 0 Å². The van der Waals surface area contributed by atoms with Gasteiger partial charge in [0.25, 0.3) is 0 Å². The third kappa shape index (κ3) is 11.1. The fourth-order valence-corrected chi connectivity index (χ4v) is 2.20. The molecule has 0 spiro atoms. The van der Waals surface area contributed by atoms with E-state index in [-0.39, 0.29) is 24.2 Å². The molecule has 0 rings (SSSR count). The van der Waals surface area contributed by atoms with Gasteiger partial charge in [-0.25, -0.2) is 0 Å². The van der Waals surface area contributed by atoms with Crippen molar-refractivity contribution in [2.75, 3.05) is 13.2 Å². The first-order chi connectivity index (χ1) is 13.1. The zero-order valence-corrected chi connectivity index (χ0v) is 16.6. The molecular formula is C17H32N6O5. The summed E-state index contributed by atoms with van der Waals surface area (Å²) < 4.78 is 0. The highest BCUT2D eigenvalue weighted by molar-refractivity contribution is 5.92. The van der Waals surface area contributed by atoms with Crippen molar-refractivity contribution in [3.05, 3.63) is 0 Å². The van der Waals surface area contributed by atoms with Gasteiger partial charge in [-0.2, -0.15) is 0 Å². The lowest BCUT2D eigenvalue weighted by Gasteiger charge is -2.21. The Morgan fingerprint density at radius 1 is 1.07 bits per heavy atom. The van der Waals surface area contributed by atoms with Crippen LogP contribution in [0.25, 0.3) is 0 Å². The Balaban J connectivity index is 4.55. The van der Waals surface area contributed by atoms with E-state index >= 15 is 0 Å². The Hall–Kier alpha value is -2.69. The zero-order valence-electron chi connectivity index (χ0n) is 16.6. The van der Waals surface area contributed by atoms with Gasteiger partial charge in [-0.05, 0) is 25.7 Å². The van der Waals surface area contributed by atoms with E-state index in [2.05, 4.69) is 20.9 Å². The van der Waals surface area contributed by atoms with Crippen LogP contribution in [0.1, 0.15) is 40.0 Å². The highest BCUT2D eigenvalue weighted by Crippen LogP contribution is 2.00. The van der Waals surface area contributed by atoms with Crippen LogP contribution in [0, 0.1) is 5.92 Å². The Morgan fingerprint density at radius 2 is 1.71 bits per heavy atom. The van der Waals surface area contributed by atoms with Crippen LogP contribution in [0.15, 0.2) is 4.99 Å². The van der Waals surface area contributed by atoms with Crippen molar-refractivity contribution in [2.45, 2.75) is 58.2 Å². The number of carbonyl (C=O) groups excluding carboxylic acids is 4. The number of hydrogen-bond acceptors (Lipinski definition) is 6. The van der Waals surface area contributed by atoms with E-state index < -0.39 is 36.5 Å². The number of nitrogens with zero attached hydrogens (tertiary/aromatic N) is 1. The fourth-order valence-electron chi connectivity index (χ4n) is 2.20. The maximum absolute atomic E-state index is 12.2. The standard InChI is InChI=1S/C17H32N6O5/c1-10(2)7-14(26)23-13(9-25)16(28)21-11(3)15(27)22-12(8-24)5-4-6-20-17(18)19/h8,10-13,25H,4-7,9H2,1-3H3,(H,21,28)(H,22,27)(H,23,26)(H4,18,19,20)/t11-,12-,13+/m0/s1. The van der Waals surface area contributed by atoms with Crippen molar-refractivity contribution in [3.8, 4) is 0 Å². The minimum atomic E-state index is -1.16. The van der Waals surface area contributed by atoms with Gasteiger partial charge in [0.05, 0.1) is 12.6 Å². The molecule has 3 atom stereocenters. The number of nitrogens with two attached hydrogens (primary N) is 2. The minimum absolute atomic E-state index is 0.0538. The third-order valence-corrected chi connectivity index (χ3v) is 3.64. The van der Waals surface area contributed by atoms with E-state index in [0.29, 0.717) is 25.7 Å². The van der Waals surface area contributed by atoms with E-state index in [1.807, 2.05) is 13.8 Å². The molecule has 0 heterocycles. The summed E-state index contributed by atoms with van der Waals surface area (Å²) in [4.78, 5) is 51.0. The molecule has 11 nitrogen and oxygen atoms in total. The largest absolute Gasteiger partial charge is 0.394 e. The molecule has 0 bridgehead atoms. The number of hydrogen-bond donors (Lipinski definition) is 6. The van der Waals surface area contributed by atoms with Crippen molar-refractivity contribution < 1.29 is 24.3 Å². The van der Waals surface area contributed by atoms with Gasteiger partial charge in [-0.15, -0.1) is 0 Å². The molecule has 0 aliphatic heterocycles. The molecule has 0 aliphatic carbocycles. The number of amides is 3. The molecule has 8 N–H and O–H groups in total. The Bertz CT molecular complexity index is 562. The van der Waals surface area contributed by atoms with Gasteiger partial charge >= 0.3 is 0 Å². The van der Waals surface area contributed by atoms with E-state index in [9.17, 15) is 24.3 Å². The second kappa shape index (κ2) is 13.5. The first-order valence-electron chi connectivity index (χ1n) is 9.12. The zero-order chi connectivity index (χ0) is 21.7. The molecule has 3 amide bonds. The normalized spacial score (nSPS) is 13.8. The summed E-state index contributed by atoms with van der Waals surface area (Å²) in [6.07, 6.45) is 1.61. The molecule has 0 saturated carbocycles. The molecule has 0 saturated heterocycles. The molecule has 0 aromatic carbocycles. The number of aliphatic imine (C=N–C) groups is 1. The highest BCUT2D eigenvalue weighted by Gasteiger charge is 2.25. The first-order valence-corrected chi connectivity index (χ1v) is 9.12. The van der Waals surface area contributed by atoms with Crippen LogP contribution in [0.4, 0.5) is 0 Å². The number of rotatable bonds is 13. The van der Waals surface area contributed by atoms with Crippen LogP contribution in [-0.2, 0) is 19.2 Å². The second-order valence-corrected chi connectivity index (χ2v) is 6.83. The Kier molecular flexibility index (Phi) is 12.2. The number of nitrogens with one attached hydrogen (secondary N) is 3. The maximum Gasteiger partial charge on any atom is 0.245 e. The molecule has 11 heteroatoms. The van der Waals surface area contributed by atoms with Crippen molar-refractivity contribution >= 4 is 30.0 Å². The third-order valence-electron chi connectivity index (χ3n) is 3.64. The number of aliphatic hydroxyl groups excluding tert-OH is 1. The summed E-state index contributed by atoms with van der Waals surface area (Å²) in [7, 11) is 0. The molecular weight excluding hydrogens is 368 g/mol. The van der Waals surface area contributed by atoms with Crippen molar-refractivity contribution in [1.82, 2.24) is 16.0 Å². The van der Waals surface area contributed by atoms with Crippen molar-refractivity contribution in [3.63, 3.8) is 0 Å². The van der Waals surface area contributed by atoms with E-state index in [4.69, 9.17) is 11.5 Å². The highest BCUT2D eigenvalue weighted by atomic mass is 16.3. The number of guanidine groups is 1. The number of aldehydes is 1. The lowest BCUT2D eigenvalue weighted by molar-refractivity contribution is -0.133. The lowest BCUT2D eigenvalue weighted by Crippen LogP contribution is -2.55. The molecule has 0 aromatic heterocycles. The first kappa shape index (κ1) is 25.3. The van der Waals surface area contributed by atoms with E-state index in [1.54, 1.807) is 0 Å². The lowest BCUT2D eigenvalue weighted by atomic mass is 10.1. The second-order valence-electron chi connectivity index (χ2n) is 6.83. The average Bonchev–Trinajstić information content (AvgIpc) is 2.60. The fraction of sp³-hybridized carbons (Fsp3) is 0.706. The summed E-state index contributed by atoms with van der Waals surface area (Å²) in [5.41, 5.74) is 10.4. The van der Waals surface area contributed by atoms with Crippen molar-refractivity contribution in [1.29, 1.82) is 0 Å². The summed E-state index contributed by atoms with van der Waals surface area (Å²) >= 11 is 0. The molecule has 0 unspecified atom stereocenters. The predicted molar refractivity (Wildman–Crippen MR) is 104 cm³/mol. The van der Waals surface area contributed by atoms with Crippen LogP contribution in [-0.4, -0.2) is 66.4 Å². The van der Waals surface area contributed by atoms with Gasteiger partial charge in [0.15, 0.2) is 5.96 Å². The monoisotopic (exact) mass is 400 g/mol. The molecule has 0 radical (unpaired) electrons. The van der Waals surface area contributed by atoms with Gasteiger partial charge in [-0.3, -0.25) is 19.4 Å². The summed E-state index contributed by atoms with van der Waals surface area (Å²) in [6, 6.07) is -2.88. The van der Waals surface area contributed by atoms with Crippen LogP contribution in [0.5, 0.6) is 0 Å². The van der Waals surface area contributed by atoms with Crippen LogP contribution >= 0.6 is 0 Å². The maximum atomic E-state index is 12.2. The van der Waals surface area contributed by atoms with E-state index in [0.717, 1.165) is 0 Å². The smallest absolute Gasteiger partial charge is 0.245 e. The summed E-state index contributed by atoms with van der Waals surface area (Å²) in [5, 5.41) is 16.6. The molecule has 0 aromatic rings. The van der Waals surface area contributed by atoms with Gasteiger partial charge in [-0.1, -0.05) is 13.8 Å². The SMILES string of the molecule is CC(C)CC(=O)N[C@H](CO)C(=O)N[C@@H](C)C(=O)N[C@H](C=O)CCCN=C(N)N. The van der Waals surface area contributed by atoms with Crippen molar-refractivity contribution in [2.24, 2.45) is 22.4 Å². The van der Waals surface area contributed by atoms with Crippen LogP contribution < -0.4 is 27.4 Å².